The van der Waals surface area contributed by atoms with Crippen LogP contribution in [0.4, 0.5) is 0 Å². The maximum Gasteiger partial charge on any atom is 0.158 e. The van der Waals surface area contributed by atoms with Crippen molar-refractivity contribution in [2.45, 2.75) is 38.5 Å². The van der Waals surface area contributed by atoms with E-state index in [1.54, 1.807) is 0 Å². The molecule has 2 heteroatoms. The number of halogens is 1. The van der Waals surface area contributed by atoms with Crippen LogP contribution in [0.25, 0.3) is 6.08 Å². The lowest BCUT2D eigenvalue weighted by molar-refractivity contribution is -0.114. The van der Waals surface area contributed by atoms with Gasteiger partial charge in [-0.15, -0.1) is 0 Å². The maximum atomic E-state index is 11.6. The zero-order valence-corrected chi connectivity index (χ0v) is 10.5. The fourth-order valence-electron chi connectivity index (χ4n) is 2.80. The van der Waals surface area contributed by atoms with Gasteiger partial charge in [-0.05, 0) is 72.6 Å². The van der Waals surface area contributed by atoms with Crippen molar-refractivity contribution < 1.29 is 4.79 Å². The molecule has 1 saturated carbocycles. The number of aryl methyl sites for hydroxylation is 2. The van der Waals surface area contributed by atoms with Gasteiger partial charge in [0.05, 0.1) is 0 Å². The van der Waals surface area contributed by atoms with E-state index in [0.717, 1.165) is 41.8 Å². The van der Waals surface area contributed by atoms with Crippen LogP contribution in [0.1, 0.15) is 42.4 Å². The minimum atomic E-state index is 0.293. The zero-order valence-electron chi connectivity index (χ0n) is 9.76. The summed E-state index contributed by atoms with van der Waals surface area (Å²) in [5.74, 6) is 0.293. The van der Waals surface area contributed by atoms with Crippen LogP contribution in [0.2, 0.25) is 5.02 Å². The molecule has 0 aliphatic heterocycles. The molecule has 1 fully saturated rings. The van der Waals surface area contributed by atoms with E-state index in [2.05, 4.69) is 12.1 Å². The van der Waals surface area contributed by atoms with Crippen molar-refractivity contribution in [2.24, 2.45) is 0 Å². The second-order valence-electron chi connectivity index (χ2n) is 4.94. The van der Waals surface area contributed by atoms with Crippen LogP contribution >= 0.6 is 11.6 Å². The van der Waals surface area contributed by atoms with Gasteiger partial charge >= 0.3 is 0 Å². The third-order valence-electron chi connectivity index (χ3n) is 3.75. The first-order valence-corrected chi connectivity index (χ1v) is 6.67. The van der Waals surface area contributed by atoms with Crippen molar-refractivity contribution in [2.75, 3.05) is 0 Å². The molecule has 88 valence electrons. The molecule has 17 heavy (non-hydrogen) atoms. The van der Waals surface area contributed by atoms with Gasteiger partial charge in [-0.3, -0.25) is 4.79 Å². The number of hydrogen-bond acceptors (Lipinski definition) is 1. The molecule has 3 rings (SSSR count). The van der Waals surface area contributed by atoms with Crippen molar-refractivity contribution in [3.63, 3.8) is 0 Å². The van der Waals surface area contributed by atoms with Gasteiger partial charge in [-0.1, -0.05) is 11.6 Å². The van der Waals surface area contributed by atoms with E-state index >= 15 is 0 Å². The normalized spacial score (nSPS) is 21.2. The average molecular weight is 247 g/mol. The number of rotatable bonds is 1. The van der Waals surface area contributed by atoms with Crippen LogP contribution < -0.4 is 0 Å². The third-order valence-corrected chi connectivity index (χ3v) is 4.08. The van der Waals surface area contributed by atoms with Crippen LogP contribution in [0.5, 0.6) is 0 Å². The maximum absolute atomic E-state index is 11.6. The highest BCUT2D eigenvalue weighted by Crippen LogP contribution is 2.31. The summed E-state index contributed by atoms with van der Waals surface area (Å²) in [7, 11) is 0. The minimum Gasteiger partial charge on any atom is -0.295 e. The van der Waals surface area contributed by atoms with Gasteiger partial charge in [-0.2, -0.15) is 0 Å². The van der Waals surface area contributed by atoms with Gasteiger partial charge in [0.15, 0.2) is 5.78 Å². The fourth-order valence-corrected chi connectivity index (χ4v) is 3.04. The summed E-state index contributed by atoms with van der Waals surface area (Å²) in [6, 6.07) is 4.25. The lowest BCUT2D eigenvalue weighted by atomic mass is 10.0. The molecular weight excluding hydrogens is 232 g/mol. The monoisotopic (exact) mass is 246 g/mol. The van der Waals surface area contributed by atoms with E-state index in [0.29, 0.717) is 12.2 Å². The third kappa shape index (κ3) is 2.04. The van der Waals surface area contributed by atoms with Crippen LogP contribution in [0.15, 0.2) is 17.7 Å². The topological polar surface area (TPSA) is 17.1 Å². The molecular formula is C15H15ClO. The van der Waals surface area contributed by atoms with Crippen molar-refractivity contribution in [3.8, 4) is 0 Å². The molecule has 0 N–H and O–H groups in total. The number of carbonyl (C=O) groups excluding carboxylic acids is 1. The van der Waals surface area contributed by atoms with Crippen molar-refractivity contribution in [1.29, 1.82) is 0 Å². The predicted molar refractivity (Wildman–Crippen MR) is 70.3 cm³/mol. The van der Waals surface area contributed by atoms with Crippen LogP contribution in [-0.2, 0) is 17.6 Å². The van der Waals surface area contributed by atoms with E-state index in [-0.39, 0.29) is 0 Å². The summed E-state index contributed by atoms with van der Waals surface area (Å²) in [4.78, 5) is 11.6. The Labute approximate surface area is 106 Å². The minimum absolute atomic E-state index is 0.293. The number of hydrogen-bond donors (Lipinski definition) is 0. The molecule has 0 unspecified atom stereocenters. The van der Waals surface area contributed by atoms with Crippen LogP contribution in [-0.4, -0.2) is 5.78 Å². The number of fused-ring (bicyclic) bond motifs is 1. The molecule has 0 atom stereocenters. The number of ketones is 1. The predicted octanol–water partition coefficient (Wildman–Crippen LogP) is 3.97. The number of benzene rings is 1. The summed E-state index contributed by atoms with van der Waals surface area (Å²) in [6.07, 6.45) is 8.12. The molecule has 1 nitrogen and oxygen atoms in total. The summed E-state index contributed by atoms with van der Waals surface area (Å²) in [6.45, 7) is 0. The Kier molecular flexibility index (Phi) is 2.79. The number of allylic oxidation sites excluding steroid dienone is 1. The van der Waals surface area contributed by atoms with Crippen molar-refractivity contribution >= 4 is 23.5 Å². The van der Waals surface area contributed by atoms with E-state index in [4.69, 9.17) is 11.6 Å². The van der Waals surface area contributed by atoms with Crippen LogP contribution in [0.3, 0.4) is 0 Å². The molecule has 2 aliphatic carbocycles. The van der Waals surface area contributed by atoms with Gasteiger partial charge in [0.1, 0.15) is 0 Å². The highest BCUT2D eigenvalue weighted by molar-refractivity contribution is 6.32. The molecule has 0 amide bonds. The molecule has 0 aromatic heterocycles. The molecule has 0 spiro atoms. The van der Waals surface area contributed by atoms with Gasteiger partial charge in [0, 0.05) is 11.4 Å². The standard InChI is InChI=1S/C15H15ClO/c16-14-9-11-4-1-3-10(11)7-13(14)8-12-5-2-6-15(12)17/h7-9H,1-6H2. The molecule has 2 aliphatic rings. The molecule has 1 aromatic carbocycles. The number of Topliss-reactive ketones (excluding diaryl/α,β-unsaturated/α-hetero) is 1. The molecule has 0 heterocycles. The Morgan fingerprint density at radius 3 is 2.41 bits per heavy atom. The Bertz CT molecular complexity index is 514. The van der Waals surface area contributed by atoms with Crippen LogP contribution in [0, 0.1) is 0 Å². The Balaban J connectivity index is 2.01. The van der Waals surface area contributed by atoms with E-state index < -0.39 is 0 Å². The SMILES string of the molecule is O=C1CCCC1=Cc1cc2c(cc1Cl)CCC2. The largest absolute Gasteiger partial charge is 0.295 e. The molecule has 0 bridgehead atoms. The highest BCUT2D eigenvalue weighted by Gasteiger charge is 2.18. The Morgan fingerprint density at radius 2 is 1.71 bits per heavy atom. The smallest absolute Gasteiger partial charge is 0.158 e. The van der Waals surface area contributed by atoms with Gasteiger partial charge in [0.2, 0.25) is 0 Å². The summed E-state index contributed by atoms with van der Waals surface area (Å²) < 4.78 is 0. The first kappa shape index (κ1) is 11.0. The summed E-state index contributed by atoms with van der Waals surface area (Å²) >= 11 is 6.28. The highest BCUT2D eigenvalue weighted by atomic mass is 35.5. The Hall–Kier alpha value is -1.08. The lowest BCUT2D eigenvalue weighted by Crippen LogP contribution is -1.92. The quantitative estimate of drug-likeness (QED) is 0.686. The average Bonchev–Trinajstić information content (AvgIpc) is 2.89. The summed E-state index contributed by atoms with van der Waals surface area (Å²) in [5.41, 5.74) is 4.77. The van der Waals surface area contributed by atoms with Gasteiger partial charge < -0.3 is 0 Å². The first-order chi connectivity index (χ1) is 8.24. The van der Waals surface area contributed by atoms with Crippen molar-refractivity contribution in [1.82, 2.24) is 0 Å². The second-order valence-corrected chi connectivity index (χ2v) is 5.35. The molecule has 0 saturated heterocycles. The molecule has 1 aromatic rings. The molecule has 0 radical (unpaired) electrons. The van der Waals surface area contributed by atoms with E-state index in [1.807, 2.05) is 6.08 Å². The first-order valence-electron chi connectivity index (χ1n) is 6.29. The van der Waals surface area contributed by atoms with Crippen molar-refractivity contribution in [3.05, 3.63) is 39.4 Å². The van der Waals surface area contributed by atoms with Gasteiger partial charge in [0.25, 0.3) is 0 Å². The summed E-state index contributed by atoms with van der Waals surface area (Å²) in [5, 5.41) is 0.790. The second kappa shape index (κ2) is 4.30. The zero-order chi connectivity index (χ0) is 11.8. The Morgan fingerprint density at radius 1 is 1.00 bits per heavy atom. The fraction of sp³-hybridized carbons (Fsp3) is 0.400. The van der Waals surface area contributed by atoms with E-state index in [1.165, 1.54) is 17.5 Å². The number of carbonyl (C=O) groups is 1. The van der Waals surface area contributed by atoms with Gasteiger partial charge in [-0.25, -0.2) is 0 Å². The lowest BCUT2D eigenvalue weighted by Gasteiger charge is -2.05. The van der Waals surface area contributed by atoms with E-state index in [9.17, 15) is 4.79 Å².